The minimum atomic E-state index is -0.100. The zero-order valence-electron chi connectivity index (χ0n) is 6.89. The Balaban J connectivity index is 2.06. The van der Waals surface area contributed by atoms with E-state index in [0.29, 0.717) is 6.67 Å². The lowest BCUT2D eigenvalue weighted by molar-refractivity contribution is 0.232. The summed E-state index contributed by atoms with van der Waals surface area (Å²) in [5.41, 5.74) is 0. The number of nitrogens with zero attached hydrogens (tertiary/aromatic N) is 1. The molecular weight excluding hydrogens is 142 g/mol. The third-order valence-corrected chi connectivity index (χ3v) is 1.89. The third kappa shape index (κ3) is 2.76. The molecule has 2 amide bonds. The number of rotatable bonds is 2. The van der Waals surface area contributed by atoms with Gasteiger partial charge in [-0.2, -0.15) is 0 Å². The van der Waals surface area contributed by atoms with Gasteiger partial charge in [0.25, 0.3) is 0 Å². The number of hydrogen-bond acceptors (Lipinski definition) is 2. The molecule has 0 spiro atoms. The summed E-state index contributed by atoms with van der Waals surface area (Å²) in [5.74, 6) is 0. The van der Waals surface area contributed by atoms with Gasteiger partial charge in [-0.1, -0.05) is 0 Å². The molecule has 0 bridgehead atoms. The molecule has 0 atom stereocenters. The molecule has 0 radical (unpaired) electrons. The molecule has 1 saturated heterocycles. The van der Waals surface area contributed by atoms with Crippen LogP contribution >= 0.6 is 0 Å². The average molecular weight is 157 g/mol. The number of urea groups is 1. The van der Waals surface area contributed by atoms with Crippen LogP contribution in [-0.2, 0) is 0 Å². The highest BCUT2D eigenvalue weighted by atomic mass is 16.2. The molecule has 2 N–H and O–H groups in total. The summed E-state index contributed by atoms with van der Waals surface area (Å²) in [7, 11) is 1.62. The molecule has 0 unspecified atom stereocenters. The molecule has 0 aromatic rings. The van der Waals surface area contributed by atoms with Gasteiger partial charge in [-0.15, -0.1) is 0 Å². The normalized spacial score (nSPS) is 18.3. The fraction of sp³-hybridized carbons (Fsp3) is 0.857. The van der Waals surface area contributed by atoms with Gasteiger partial charge in [0, 0.05) is 7.05 Å². The Morgan fingerprint density at radius 1 is 1.45 bits per heavy atom. The number of amides is 2. The largest absolute Gasteiger partial charge is 0.341 e. The highest BCUT2D eigenvalue weighted by Gasteiger charge is 2.10. The van der Waals surface area contributed by atoms with E-state index in [9.17, 15) is 4.79 Å². The predicted octanol–water partition coefficient (Wildman–Crippen LogP) is -0.0313. The first-order valence-electron chi connectivity index (χ1n) is 4.01. The summed E-state index contributed by atoms with van der Waals surface area (Å²) >= 11 is 0. The maximum Gasteiger partial charge on any atom is 0.315 e. The maximum absolute atomic E-state index is 10.7. The second kappa shape index (κ2) is 4.18. The van der Waals surface area contributed by atoms with E-state index in [2.05, 4.69) is 15.5 Å². The molecular formula is C7H15N3O. The van der Waals surface area contributed by atoms with Crippen molar-refractivity contribution in [2.75, 3.05) is 26.8 Å². The second-order valence-electron chi connectivity index (χ2n) is 2.74. The highest BCUT2D eigenvalue weighted by Crippen LogP contribution is 2.04. The Hall–Kier alpha value is -0.770. The van der Waals surface area contributed by atoms with Crippen molar-refractivity contribution in [1.29, 1.82) is 0 Å². The molecule has 64 valence electrons. The molecule has 0 aliphatic carbocycles. The summed E-state index contributed by atoms with van der Waals surface area (Å²) in [6, 6.07) is -0.100. The van der Waals surface area contributed by atoms with Crippen LogP contribution in [0.4, 0.5) is 4.79 Å². The molecule has 11 heavy (non-hydrogen) atoms. The van der Waals surface area contributed by atoms with Gasteiger partial charge in [0.2, 0.25) is 0 Å². The van der Waals surface area contributed by atoms with Crippen molar-refractivity contribution in [1.82, 2.24) is 15.5 Å². The molecule has 0 aromatic carbocycles. The highest BCUT2D eigenvalue weighted by molar-refractivity contribution is 5.73. The van der Waals surface area contributed by atoms with Gasteiger partial charge >= 0.3 is 6.03 Å². The van der Waals surface area contributed by atoms with Crippen molar-refractivity contribution < 1.29 is 4.79 Å². The lowest BCUT2D eigenvalue weighted by Gasteiger charge is -2.14. The standard InChI is InChI=1S/C7H15N3O/c1-8-7(11)9-6-10-4-2-3-5-10/h2-6H2,1H3,(H2,8,9,11). The van der Waals surface area contributed by atoms with Crippen LogP contribution in [0.15, 0.2) is 0 Å². The molecule has 0 aromatic heterocycles. The number of nitrogens with one attached hydrogen (secondary N) is 2. The Morgan fingerprint density at radius 3 is 2.64 bits per heavy atom. The monoisotopic (exact) mass is 157 g/mol. The zero-order valence-corrected chi connectivity index (χ0v) is 6.89. The van der Waals surface area contributed by atoms with Crippen molar-refractivity contribution in [3.05, 3.63) is 0 Å². The Bertz CT molecular complexity index is 132. The van der Waals surface area contributed by atoms with Crippen LogP contribution in [0.3, 0.4) is 0 Å². The van der Waals surface area contributed by atoms with E-state index in [-0.39, 0.29) is 6.03 Å². The van der Waals surface area contributed by atoms with Gasteiger partial charge in [0.15, 0.2) is 0 Å². The number of carbonyl (C=O) groups excluding carboxylic acids is 1. The van der Waals surface area contributed by atoms with Gasteiger partial charge < -0.3 is 10.6 Å². The molecule has 4 heteroatoms. The first kappa shape index (κ1) is 8.33. The SMILES string of the molecule is CNC(=O)NCN1CCCC1. The van der Waals surface area contributed by atoms with E-state index in [4.69, 9.17) is 0 Å². The topological polar surface area (TPSA) is 44.4 Å². The Morgan fingerprint density at radius 2 is 2.09 bits per heavy atom. The van der Waals surface area contributed by atoms with E-state index in [1.807, 2.05) is 0 Å². The summed E-state index contributed by atoms with van der Waals surface area (Å²) in [6.45, 7) is 2.91. The first-order chi connectivity index (χ1) is 5.33. The van der Waals surface area contributed by atoms with Gasteiger partial charge in [-0.05, 0) is 25.9 Å². The number of hydrogen-bond donors (Lipinski definition) is 2. The van der Waals surface area contributed by atoms with Crippen molar-refractivity contribution in [3.8, 4) is 0 Å². The second-order valence-corrected chi connectivity index (χ2v) is 2.74. The van der Waals surface area contributed by atoms with Crippen LogP contribution in [0, 0.1) is 0 Å². The Labute approximate surface area is 66.9 Å². The van der Waals surface area contributed by atoms with Crippen molar-refractivity contribution in [2.45, 2.75) is 12.8 Å². The van der Waals surface area contributed by atoms with Gasteiger partial charge in [-0.25, -0.2) is 4.79 Å². The molecule has 4 nitrogen and oxygen atoms in total. The lowest BCUT2D eigenvalue weighted by atomic mass is 10.4. The van der Waals surface area contributed by atoms with Gasteiger partial charge in [0.1, 0.15) is 0 Å². The zero-order chi connectivity index (χ0) is 8.10. The average Bonchev–Trinajstić information content (AvgIpc) is 2.52. The van der Waals surface area contributed by atoms with Crippen molar-refractivity contribution in [2.24, 2.45) is 0 Å². The predicted molar refractivity (Wildman–Crippen MR) is 43.3 cm³/mol. The maximum atomic E-state index is 10.7. The third-order valence-electron chi connectivity index (χ3n) is 1.89. The summed E-state index contributed by atoms with van der Waals surface area (Å²) in [6.07, 6.45) is 2.52. The Kier molecular flexibility index (Phi) is 3.16. The summed E-state index contributed by atoms with van der Waals surface area (Å²) in [4.78, 5) is 13.0. The van der Waals surface area contributed by atoms with E-state index >= 15 is 0 Å². The van der Waals surface area contributed by atoms with Crippen LogP contribution in [0.2, 0.25) is 0 Å². The van der Waals surface area contributed by atoms with E-state index in [0.717, 1.165) is 13.1 Å². The minimum absolute atomic E-state index is 0.100. The van der Waals surface area contributed by atoms with Gasteiger partial charge in [0.05, 0.1) is 6.67 Å². The van der Waals surface area contributed by atoms with E-state index < -0.39 is 0 Å². The number of carbonyl (C=O) groups is 1. The van der Waals surface area contributed by atoms with Crippen molar-refractivity contribution in [3.63, 3.8) is 0 Å². The fourth-order valence-electron chi connectivity index (χ4n) is 1.21. The number of likely N-dealkylation sites (tertiary alicyclic amines) is 1. The quantitative estimate of drug-likeness (QED) is 0.591. The molecule has 1 heterocycles. The molecule has 1 fully saturated rings. The molecule has 1 rings (SSSR count). The van der Waals surface area contributed by atoms with Crippen LogP contribution in [0.25, 0.3) is 0 Å². The van der Waals surface area contributed by atoms with Crippen LogP contribution < -0.4 is 10.6 Å². The molecule has 1 aliphatic heterocycles. The molecule has 1 aliphatic rings. The van der Waals surface area contributed by atoms with Crippen LogP contribution in [0.1, 0.15) is 12.8 Å². The summed E-state index contributed by atoms with van der Waals surface area (Å²) < 4.78 is 0. The minimum Gasteiger partial charge on any atom is -0.341 e. The smallest absolute Gasteiger partial charge is 0.315 e. The molecule has 0 saturated carbocycles. The van der Waals surface area contributed by atoms with Gasteiger partial charge in [-0.3, -0.25) is 4.90 Å². The van der Waals surface area contributed by atoms with E-state index in [1.54, 1.807) is 7.05 Å². The van der Waals surface area contributed by atoms with Crippen LogP contribution in [-0.4, -0.2) is 37.7 Å². The fourth-order valence-corrected chi connectivity index (χ4v) is 1.21. The first-order valence-corrected chi connectivity index (χ1v) is 4.01. The van der Waals surface area contributed by atoms with E-state index in [1.165, 1.54) is 12.8 Å². The van der Waals surface area contributed by atoms with Crippen molar-refractivity contribution >= 4 is 6.03 Å². The lowest BCUT2D eigenvalue weighted by Crippen LogP contribution is -2.40. The summed E-state index contributed by atoms with van der Waals surface area (Å²) in [5, 5.41) is 5.26. The van der Waals surface area contributed by atoms with Crippen LogP contribution in [0.5, 0.6) is 0 Å².